The van der Waals surface area contributed by atoms with Gasteiger partial charge in [-0.3, -0.25) is 14.5 Å². The van der Waals surface area contributed by atoms with Crippen LogP contribution in [0.15, 0.2) is 73.1 Å². The van der Waals surface area contributed by atoms with Gasteiger partial charge in [0.05, 0.1) is 24.1 Å². The second kappa shape index (κ2) is 9.20. The van der Waals surface area contributed by atoms with Crippen LogP contribution in [-0.2, 0) is 22.7 Å². The van der Waals surface area contributed by atoms with E-state index in [9.17, 15) is 4.79 Å². The van der Waals surface area contributed by atoms with Gasteiger partial charge in [0.25, 0.3) is 5.91 Å². The number of ether oxygens (including phenoxy) is 2. The Kier molecular flexibility index (Phi) is 6.18. The monoisotopic (exact) mass is 430 g/mol. The van der Waals surface area contributed by atoms with Crippen LogP contribution in [0.1, 0.15) is 25.0 Å². The van der Waals surface area contributed by atoms with E-state index in [1.54, 1.807) is 27.2 Å². The topological polar surface area (TPSA) is 78.3 Å². The minimum atomic E-state index is -1.15. The maximum absolute atomic E-state index is 12.9. The van der Waals surface area contributed by atoms with Crippen LogP contribution >= 0.6 is 0 Å². The third-order valence-electron chi connectivity index (χ3n) is 5.08. The first-order valence-corrected chi connectivity index (χ1v) is 10.4. The highest BCUT2D eigenvalue weighted by Crippen LogP contribution is 2.30. The molecule has 4 rings (SSSR count). The zero-order valence-electron chi connectivity index (χ0n) is 18.4. The zero-order chi connectivity index (χ0) is 22.6. The average Bonchev–Trinajstić information content (AvgIpc) is 3.11. The summed E-state index contributed by atoms with van der Waals surface area (Å²) in [5.41, 5.74) is 2.49. The molecule has 164 valence electrons. The first-order chi connectivity index (χ1) is 15.5. The van der Waals surface area contributed by atoms with Crippen molar-refractivity contribution in [2.45, 2.75) is 32.6 Å². The third kappa shape index (κ3) is 4.78. The van der Waals surface area contributed by atoms with E-state index >= 15 is 0 Å². The third-order valence-corrected chi connectivity index (χ3v) is 5.08. The molecule has 2 aromatic carbocycles. The molecule has 0 radical (unpaired) electrons. The summed E-state index contributed by atoms with van der Waals surface area (Å²) in [6, 6.07) is 19.2. The second-order valence-electron chi connectivity index (χ2n) is 8.04. The second-order valence-corrected chi connectivity index (χ2v) is 8.04. The molecular formula is C25H26N4O3. The lowest BCUT2D eigenvalue weighted by atomic mass is 10.1. The lowest BCUT2D eigenvalue weighted by molar-refractivity contribution is -0.128. The van der Waals surface area contributed by atoms with E-state index in [4.69, 9.17) is 14.6 Å². The fourth-order valence-electron chi connectivity index (χ4n) is 3.41. The van der Waals surface area contributed by atoms with Crippen molar-refractivity contribution in [1.29, 1.82) is 0 Å². The lowest BCUT2D eigenvalue weighted by Gasteiger charge is -2.24. The molecule has 7 heteroatoms. The summed E-state index contributed by atoms with van der Waals surface area (Å²) in [7, 11) is 1.66. The van der Waals surface area contributed by atoms with Crippen molar-refractivity contribution < 1.29 is 14.3 Å². The Hall–Kier alpha value is -3.71. The number of nitrogens with one attached hydrogen (secondary N) is 1. The van der Waals surface area contributed by atoms with Crippen LogP contribution in [0.25, 0.3) is 10.9 Å². The molecule has 0 aliphatic carbocycles. The minimum absolute atomic E-state index is 0.258. The summed E-state index contributed by atoms with van der Waals surface area (Å²) in [5.74, 6) is 0.141. The molecule has 0 bridgehead atoms. The number of pyridine rings is 1. The molecule has 2 heterocycles. The maximum atomic E-state index is 12.9. The van der Waals surface area contributed by atoms with Gasteiger partial charge in [-0.25, -0.2) is 0 Å². The van der Waals surface area contributed by atoms with Crippen LogP contribution in [-0.4, -0.2) is 33.4 Å². The van der Waals surface area contributed by atoms with Crippen molar-refractivity contribution in [1.82, 2.24) is 14.8 Å². The molecule has 0 aliphatic rings. The first kappa shape index (κ1) is 21.5. The quantitative estimate of drug-likeness (QED) is 0.448. The Labute approximate surface area is 187 Å². The highest BCUT2D eigenvalue weighted by molar-refractivity contribution is 5.97. The van der Waals surface area contributed by atoms with Crippen LogP contribution in [0.3, 0.4) is 0 Å². The molecule has 4 aromatic rings. The summed E-state index contributed by atoms with van der Waals surface area (Å²) in [4.78, 5) is 17.1. The van der Waals surface area contributed by atoms with Gasteiger partial charge in [-0.15, -0.1) is 5.10 Å². The predicted molar refractivity (Wildman–Crippen MR) is 124 cm³/mol. The zero-order valence-corrected chi connectivity index (χ0v) is 18.4. The number of rotatable bonds is 8. The Bertz CT molecular complexity index is 1200. The van der Waals surface area contributed by atoms with E-state index in [-0.39, 0.29) is 5.91 Å². The van der Waals surface area contributed by atoms with Gasteiger partial charge in [0.2, 0.25) is 5.88 Å². The summed E-state index contributed by atoms with van der Waals surface area (Å²) in [5, 5.41) is 8.43. The van der Waals surface area contributed by atoms with E-state index in [0.717, 1.165) is 22.0 Å². The Balaban J connectivity index is 1.66. The number of carbonyl (C=O) groups excluding carboxylic acids is 1. The minimum Gasteiger partial charge on any atom is -0.460 e. The number of anilines is 1. The number of amides is 1. The number of fused-ring (bicyclic) bond motifs is 1. The van der Waals surface area contributed by atoms with Gasteiger partial charge in [0.1, 0.15) is 0 Å². The van der Waals surface area contributed by atoms with Crippen LogP contribution in [0.2, 0.25) is 0 Å². The van der Waals surface area contributed by atoms with Crippen molar-refractivity contribution in [3.63, 3.8) is 0 Å². The van der Waals surface area contributed by atoms with Gasteiger partial charge in [-0.05, 0) is 55.3 Å². The van der Waals surface area contributed by atoms with Gasteiger partial charge in [0.15, 0.2) is 5.60 Å². The van der Waals surface area contributed by atoms with Gasteiger partial charge < -0.3 is 14.8 Å². The highest BCUT2D eigenvalue weighted by Gasteiger charge is 2.32. The molecule has 0 spiro atoms. The first-order valence-electron chi connectivity index (χ1n) is 10.4. The molecule has 0 saturated heterocycles. The molecule has 0 saturated carbocycles. The standard InChI is InChI=1S/C25H26N4O3/c1-25(2,24(30)27-20-9-5-4-6-10-20)32-23-21-14-18(17-31-3)11-12-22(21)29(28-23)16-19-8-7-13-26-15-19/h4-15H,16-17H2,1-3H3,(H,27,30). The number of para-hydroxylation sites is 1. The maximum Gasteiger partial charge on any atom is 0.268 e. The highest BCUT2D eigenvalue weighted by atomic mass is 16.5. The molecule has 1 amide bonds. The molecule has 7 nitrogen and oxygen atoms in total. The summed E-state index contributed by atoms with van der Waals surface area (Å²) in [6.45, 7) is 4.47. The Morgan fingerprint density at radius 1 is 1.06 bits per heavy atom. The van der Waals surface area contributed by atoms with Crippen molar-refractivity contribution in [2.24, 2.45) is 0 Å². The number of methoxy groups -OCH3 is 1. The van der Waals surface area contributed by atoms with Crippen molar-refractivity contribution in [3.05, 3.63) is 84.2 Å². The molecule has 32 heavy (non-hydrogen) atoms. The Morgan fingerprint density at radius 3 is 2.59 bits per heavy atom. The van der Waals surface area contributed by atoms with E-state index in [1.165, 1.54) is 0 Å². The molecule has 0 fully saturated rings. The van der Waals surface area contributed by atoms with E-state index in [2.05, 4.69) is 10.3 Å². The number of benzene rings is 2. The van der Waals surface area contributed by atoms with Crippen LogP contribution < -0.4 is 10.1 Å². The van der Waals surface area contributed by atoms with E-state index < -0.39 is 5.60 Å². The fraction of sp³-hybridized carbons (Fsp3) is 0.240. The van der Waals surface area contributed by atoms with Gasteiger partial charge >= 0.3 is 0 Å². The largest absolute Gasteiger partial charge is 0.460 e. The van der Waals surface area contributed by atoms with Gasteiger partial charge in [-0.1, -0.05) is 30.3 Å². The summed E-state index contributed by atoms with van der Waals surface area (Å²) >= 11 is 0. The molecule has 2 aromatic heterocycles. The number of aromatic nitrogens is 3. The number of nitrogens with zero attached hydrogens (tertiary/aromatic N) is 3. The smallest absolute Gasteiger partial charge is 0.268 e. The summed E-state index contributed by atoms with van der Waals surface area (Å²) < 4.78 is 13.3. The fourth-order valence-corrected chi connectivity index (χ4v) is 3.41. The lowest BCUT2D eigenvalue weighted by Crippen LogP contribution is -2.42. The van der Waals surface area contributed by atoms with Crippen molar-refractivity contribution in [2.75, 3.05) is 12.4 Å². The normalized spacial score (nSPS) is 11.5. The predicted octanol–water partition coefficient (Wildman–Crippen LogP) is 4.42. The van der Waals surface area contributed by atoms with Gasteiger partial charge in [-0.2, -0.15) is 0 Å². The SMILES string of the molecule is COCc1ccc2c(c1)c(OC(C)(C)C(=O)Nc1ccccc1)nn2Cc1cccnc1. The van der Waals surface area contributed by atoms with E-state index in [0.29, 0.717) is 24.7 Å². The number of carbonyl (C=O) groups is 1. The number of hydrogen-bond acceptors (Lipinski definition) is 5. The van der Waals surface area contributed by atoms with Crippen LogP contribution in [0.5, 0.6) is 5.88 Å². The van der Waals surface area contributed by atoms with Crippen LogP contribution in [0, 0.1) is 0 Å². The molecule has 0 atom stereocenters. The molecule has 0 unspecified atom stereocenters. The van der Waals surface area contributed by atoms with Crippen molar-refractivity contribution in [3.8, 4) is 5.88 Å². The summed E-state index contributed by atoms with van der Waals surface area (Å²) in [6.07, 6.45) is 3.55. The molecule has 1 N–H and O–H groups in total. The van der Waals surface area contributed by atoms with Gasteiger partial charge in [0, 0.05) is 25.2 Å². The van der Waals surface area contributed by atoms with Crippen molar-refractivity contribution >= 4 is 22.5 Å². The van der Waals surface area contributed by atoms with E-state index in [1.807, 2.05) is 71.5 Å². The molecular weight excluding hydrogens is 404 g/mol. The average molecular weight is 431 g/mol. The molecule has 0 aliphatic heterocycles. The Morgan fingerprint density at radius 2 is 1.88 bits per heavy atom. The number of hydrogen-bond donors (Lipinski definition) is 1. The van der Waals surface area contributed by atoms with Crippen LogP contribution in [0.4, 0.5) is 5.69 Å².